The molecule has 0 aliphatic heterocycles. The molecule has 1 atom stereocenters. The van der Waals surface area contributed by atoms with Crippen LogP contribution in [0.3, 0.4) is 0 Å². The predicted molar refractivity (Wildman–Crippen MR) is 96.6 cm³/mol. The first-order valence-corrected chi connectivity index (χ1v) is 9.08. The van der Waals surface area contributed by atoms with Crippen molar-refractivity contribution in [3.05, 3.63) is 34.9 Å². The zero-order valence-electron chi connectivity index (χ0n) is 14.9. The maximum absolute atomic E-state index is 2.55. The fourth-order valence-corrected chi connectivity index (χ4v) is 3.12. The number of unbranched alkanes of at least 4 members (excludes halogenated alkanes) is 1. The molecule has 0 bridgehead atoms. The molecule has 0 spiro atoms. The van der Waals surface area contributed by atoms with E-state index < -0.39 is 0 Å². The minimum absolute atomic E-state index is 0.982. The Morgan fingerprint density at radius 3 is 2.62 bits per heavy atom. The van der Waals surface area contributed by atoms with E-state index >= 15 is 0 Å². The summed E-state index contributed by atoms with van der Waals surface area (Å²) >= 11 is 0. The monoisotopic (exact) mass is 288 g/mol. The molecule has 21 heavy (non-hydrogen) atoms. The second kappa shape index (κ2) is 10.9. The van der Waals surface area contributed by atoms with Gasteiger partial charge in [0.2, 0.25) is 0 Å². The van der Waals surface area contributed by atoms with Crippen LogP contribution in [0.25, 0.3) is 0 Å². The van der Waals surface area contributed by atoms with E-state index in [1.54, 1.807) is 11.1 Å². The van der Waals surface area contributed by atoms with E-state index in [2.05, 4.69) is 45.9 Å². The summed E-state index contributed by atoms with van der Waals surface area (Å²) in [4.78, 5) is 0. The summed E-state index contributed by atoms with van der Waals surface area (Å²) in [7, 11) is 0. The highest BCUT2D eigenvalue weighted by molar-refractivity contribution is 5.09. The van der Waals surface area contributed by atoms with Crippen molar-refractivity contribution in [1.29, 1.82) is 0 Å². The highest BCUT2D eigenvalue weighted by Gasteiger charge is 2.13. The Labute approximate surface area is 133 Å². The summed E-state index contributed by atoms with van der Waals surface area (Å²) in [6.45, 7) is 8.95. The SMILES string of the molecule is CCCCC1CC=C(CC/C=C(\C)CCC=C(C)C)CC1. The lowest BCUT2D eigenvalue weighted by molar-refractivity contribution is 0.418. The van der Waals surface area contributed by atoms with Gasteiger partial charge in [0, 0.05) is 0 Å². The fourth-order valence-electron chi connectivity index (χ4n) is 3.12. The van der Waals surface area contributed by atoms with Crippen LogP contribution < -0.4 is 0 Å². The minimum atomic E-state index is 0.982. The number of allylic oxidation sites excluding steroid dienone is 6. The van der Waals surface area contributed by atoms with E-state index in [-0.39, 0.29) is 0 Å². The van der Waals surface area contributed by atoms with Crippen molar-refractivity contribution in [3.63, 3.8) is 0 Å². The Morgan fingerprint density at radius 2 is 2.00 bits per heavy atom. The Hall–Kier alpha value is -0.780. The van der Waals surface area contributed by atoms with Crippen molar-refractivity contribution in [3.8, 4) is 0 Å². The van der Waals surface area contributed by atoms with Gasteiger partial charge < -0.3 is 0 Å². The fraction of sp³-hybridized carbons (Fsp3) is 0.714. The van der Waals surface area contributed by atoms with Gasteiger partial charge in [0.1, 0.15) is 0 Å². The lowest BCUT2D eigenvalue weighted by Gasteiger charge is -2.21. The van der Waals surface area contributed by atoms with Crippen LogP contribution in [0.5, 0.6) is 0 Å². The molecule has 0 aromatic rings. The van der Waals surface area contributed by atoms with Crippen LogP contribution >= 0.6 is 0 Å². The zero-order chi connectivity index (χ0) is 15.5. The second-order valence-corrected chi connectivity index (χ2v) is 7.05. The molecule has 1 aliphatic carbocycles. The summed E-state index contributed by atoms with van der Waals surface area (Å²) in [6.07, 6.45) is 20.7. The molecule has 0 heterocycles. The number of hydrogen-bond donors (Lipinski definition) is 0. The lowest BCUT2D eigenvalue weighted by atomic mass is 9.85. The molecule has 0 nitrogen and oxygen atoms in total. The van der Waals surface area contributed by atoms with Gasteiger partial charge in [-0.05, 0) is 71.6 Å². The molecular weight excluding hydrogens is 252 g/mol. The Kier molecular flexibility index (Phi) is 9.46. The summed E-state index contributed by atoms with van der Waals surface area (Å²) in [5.41, 5.74) is 4.72. The number of rotatable bonds is 9. The van der Waals surface area contributed by atoms with Gasteiger partial charge in [-0.1, -0.05) is 61.1 Å². The molecule has 0 radical (unpaired) electrons. The molecule has 1 aliphatic rings. The van der Waals surface area contributed by atoms with Gasteiger partial charge in [0.05, 0.1) is 0 Å². The Balaban J connectivity index is 2.20. The average Bonchev–Trinajstić information content (AvgIpc) is 2.46. The third kappa shape index (κ3) is 8.96. The van der Waals surface area contributed by atoms with Crippen molar-refractivity contribution >= 4 is 0 Å². The van der Waals surface area contributed by atoms with Crippen molar-refractivity contribution in [1.82, 2.24) is 0 Å². The topological polar surface area (TPSA) is 0 Å². The third-order valence-electron chi connectivity index (χ3n) is 4.63. The zero-order valence-corrected chi connectivity index (χ0v) is 14.9. The van der Waals surface area contributed by atoms with E-state index in [1.807, 2.05) is 0 Å². The quantitative estimate of drug-likeness (QED) is 0.388. The average molecular weight is 289 g/mol. The summed E-state index contributed by atoms with van der Waals surface area (Å²) in [6, 6.07) is 0. The third-order valence-corrected chi connectivity index (χ3v) is 4.63. The molecule has 0 fully saturated rings. The largest absolute Gasteiger partial charge is 0.0856 e. The van der Waals surface area contributed by atoms with Gasteiger partial charge >= 0.3 is 0 Å². The van der Waals surface area contributed by atoms with E-state index in [4.69, 9.17) is 0 Å². The van der Waals surface area contributed by atoms with Crippen LogP contribution in [-0.4, -0.2) is 0 Å². The van der Waals surface area contributed by atoms with Gasteiger partial charge in [0.15, 0.2) is 0 Å². The molecule has 0 aromatic heterocycles. The van der Waals surface area contributed by atoms with E-state index in [0.29, 0.717) is 0 Å². The Bertz CT molecular complexity index is 363. The molecule has 0 N–H and O–H groups in total. The van der Waals surface area contributed by atoms with Crippen LogP contribution in [0.4, 0.5) is 0 Å². The van der Waals surface area contributed by atoms with Crippen LogP contribution in [0.2, 0.25) is 0 Å². The molecule has 0 saturated carbocycles. The van der Waals surface area contributed by atoms with Crippen LogP contribution in [0.15, 0.2) is 34.9 Å². The number of hydrogen-bond acceptors (Lipinski definition) is 0. The molecular formula is C21H36. The van der Waals surface area contributed by atoms with Crippen molar-refractivity contribution < 1.29 is 0 Å². The van der Waals surface area contributed by atoms with Gasteiger partial charge in [0.25, 0.3) is 0 Å². The maximum Gasteiger partial charge on any atom is -0.0285 e. The molecule has 120 valence electrons. The van der Waals surface area contributed by atoms with Crippen LogP contribution in [0, 0.1) is 5.92 Å². The molecule has 1 unspecified atom stereocenters. The molecule has 0 amide bonds. The summed E-state index contributed by atoms with van der Waals surface area (Å²) in [5, 5.41) is 0. The van der Waals surface area contributed by atoms with Gasteiger partial charge in [-0.3, -0.25) is 0 Å². The minimum Gasteiger partial charge on any atom is -0.0856 e. The van der Waals surface area contributed by atoms with Crippen molar-refractivity contribution in [2.75, 3.05) is 0 Å². The van der Waals surface area contributed by atoms with Crippen molar-refractivity contribution in [2.45, 2.75) is 91.9 Å². The van der Waals surface area contributed by atoms with Crippen LogP contribution in [-0.2, 0) is 0 Å². The van der Waals surface area contributed by atoms with Gasteiger partial charge in [-0.25, -0.2) is 0 Å². The first kappa shape index (κ1) is 18.3. The standard InChI is InChI=1S/C21H36/c1-5-6-12-20-14-16-21(17-15-20)13-8-11-19(4)10-7-9-18(2)3/h9,11,16,20H,5-8,10,12-15,17H2,1-4H3/b19-11+. The first-order valence-electron chi connectivity index (χ1n) is 9.08. The highest BCUT2D eigenvalue weighted by atomic mass is 14.2. The maximum atomic E-state index is 2.55. The van der Waals surface area contributed by atoms with Gasteiger partial charge in [-0.2, -0.15) is 0 Å². The Morgan fingerprint density at radius 1 is 1.19 bits per heavy atom. The molecule has 1 rings (SSSR count). The summed E-state index contributed by atoms with van der Waals surface area (Å²) < 4.78 is 0. The smallest absolute Gasteiger partial charge is 0.0285 e. The van der Waals surface area contributed by atoms with E-state index in [9.17, 15) is 0 Å². The van der Waals surface area contributed by atoms with Crippen molar-refractivity contribution in [2.24, 2.45) is 5.92 Å². The second-order valence-electron chi connectivity index (χ2n) is 7.05. The molecule has 0 saturated heterocycles. The molecule has 0 aromatic carbocycles. The van der Waals surface area contributed by atoms with Crippen LogP contribution in [0.1, 0.15) is 91.9 Å². The predicted octanol–water partition coefficient (Wildman–Crippen LogP) is 7.38. The van der Waals surface area contributed by atoms with Gasteiger partial charge in [-0.15, -0.1) is 0 Å². The first-order chi connectivity index (χ1) is 10.1. The molecule has 0 heteroatoms. The lowest BCUT2D eigenvalue weighted by Crippen LogP contribution is -2.05. The van der Waals surface area contributed by atoms with E-state index in [1.165, 1.54) is 69.8 Å². The normalized spacial score (nSPS) is 19.3. The van der Waals surface area contributed by atoms with E-state index in [0.717, 1.165) is 5.92 Å². The highest BCUT2D eigenvalue weighted by Crippen LogP contribution is 2.29. The summed E-state index contributed by atoms with van der Waals surface area (Å²) in [5.74, 6) is 0.982.